The summed E-state index contributed by atoms with van der Waals surface area (Å²) in [6, 6.07) is 11.3. The SMILES string of the molecule is O=C(c1ccc2cc[nH]c2c1)N1CCC(Cn2nc(C3CC3)ccc2=O)CC1. The maximum absolute atomic E-state index is 12.9. The minimum atomic E-state index is -0.0258. The first-order chi connectivity index (χ1) is 13.7. The molecule has 1 amide bonds. The van der Waals surface area contributed by atoms with E-state index < -0.39 is 0 Å². The molecule has 1 aliphatic carbocycles. The Bertz CT molecular complexity index is 1070. The minimum Gasteiger partial charge on any atom is -0.361 e. The standard InChI is InChI=1S/C22H24N4O2/c27-21-6-5-19(16-1-2-16)24-26(21)14-15-8-11-25(12-9-15)22(28)18-4-3-17-7-10-23-20(17)13-18/h3-7,10,13,15-16,23H,1-2,8-9,11-12,14H2. The van der Waals surface area contributed by atoms with E-state index in [2.05, 4.69) is 10.1 Å². The van der Waals surface area contributed by atoms with E-state index in [1.165, 1.54) is 12.8 Å². The van der Waals surface area contributed by atoms with Crippen molar-refractivity contribution < 1.29 is 4.79 Å². The Morgan fingerprint density at radius 3 is 2.68 bits per heavy atom. The Balaban J connectivity index is 1.23. The number of carbonyl (C=O) groups excluding carboxylic acids is 1. The van der Waals surface area contributed by atoms with Crippen molar-refractivity contribution in [2.24, 2.45) is 5.92 Å². The number of piperidine rings is 1. The Hall–Kier alpha value is -2.89. The number of aromatic nitrogens is 3. The van der Waals surface area contributed by atoms with Crippen LogP contribution in [-0.4, -0.2) is 38.7 Å². The molecule has 6 heteroatoms. The van der Waals surface area contributed by atoms with Crippen LogP contribution in [0.2, 0.25) is 0 Å². The summed E-state index contributed by atoms with van der Waals surface area (Å²) in [5, 5.41) is 5.69. The third-order valence-corrected chi connectivity index (χ3v) is 6.02. The molecule has 1 saturated carbocycles. The lowest BCUT2D eigenvalue weighted by atomic mass is 9.96. The van der Waals surface area contributed by atoms with E-state index in [1.807, 2.05) is 41.4 Å². The van der Waals surface area contributed by atoms with E-state index in [-0.39, 0.29) is 11.5 Å². The molecule has 1 aliphatic heterocycles. The summed E-state index contributed by atoms with van der Waals surface area (Å²) in [7, 11) is 0. The zero-order valence-corrected chi connectivity index (χ0v) is 15.8. The van der Waals surface area contributed by atoms with Crippen LogP contribution in [-0.2, 0) is 6.54 Å². The number of rotatable bonds is 4. The van der Waals surface area contributed by atoms with Crippen LogP contribution in [0.3, 0.4) is 0 Å². The van der Waals surface area contributed by atoms with Crippen molar-refractivity contribution in [3.05, 3.63) is 64.2 Å². The van der Waals surface area contributed by atoms with Crippen LogP contribution in [0.15, 0.2) is 47.4 Å². The van der Waals surface area contributed by atoms with Crippen molar-refractivity contribution in [3.63, 3.8) is 0 Å². The summed E-state index contributed by atoms with van der Waals surface area (Å²) < 4.78 is 1.63. The number of carbonyl (C=O) groups is 1. The zero-order chi connectivity index (χ0) is 19.1. The van der Waals surface area contributed by atoms with Gasteiger partial charge in [0.15, 0.2) is 0 Å². The molecule has 0 spiro atoms. The van der Waals surface area contributed by atoms with Crippen LogP contribution >= 0.6 is 0 Å². The fourth-order valence-corrected chi connectivity index (χ4v) is 4.12. The lowest BCUT2D eigenvalue weighted by Gasteiger charge is -2.32. The van der Waals surface area contributed by atoms with Crippen LogP contribution in [0, 0.1) is 5.92 Å². The number of benzene rings is 1. The van der Waals surface area contributed by atoms with Crippen LogP contribution in [0.5, 0.6) is 0 Å². The van der Waals surface area contributed by atoms with E-state index in [0.717, 1.165) is 48.1 Å². The maximum atomic E-state index is 12.9. The van der Waals surface area contributed by atoms with E-state index in [9.17, 15) is 9.59 Å². The summed E-state index contributed by atoms with van der Waals surface area (Å²) in [5.41, 5.74) is 2.74. The fraction of sp³-hybridized carbons (Fsp3) is 0.409. The zero-order valence-electron chi connectivity index (χ0n) is 15.8. The molecule has 144 valence electrons. The van der Waals surface area contributed by atoms with E-state index >= 15 is 0 Å². The van der Waals surface area contributed by atoms with Gasteiger partial charge in [-0.05, 0) is 61.3 Å². The molecule has 6 nitrogen and oxygen atoms in total. The highest BCUT2D eigenvalue weighted by Gasteiger charge is 2.27. The molecule has 3 heterocycles. The Morgan fingerprint density at radius 2 is 1.89 bits per heavy atom. The van der Waals surface area contributed by atoms with Gasteiger partial charge in [-0.3, -0.25) is 9.59 Å². The smallest absolute Gasteiger partial charge is 0.266 e. The Labute approximate surface area is 163 Å². The molecule has 0 radical (unpaired) electrons. The van der Waals surface area contributed by atoms with E-state index in [4.69, 9.17) is 0 Å². The number of amides is 1. The highest BCUT2D eigenvalue weighted by atomic mass is 16.2. The average Bonchev–Trinajstić information content (AvgIpc) is 3.46. The van der Waals surface area contributed by atoms with Gasteiger partial charge in [-0.2, -0.15) is 5.10 Å². The lowest BCUT2D eigenvalue weighted by Crippen LogP contribution is -2.40. The summed E-state index contributed by atoms with van der Waals surface area (Å²) in [4.78, 5) is 30.1. The van der Waals surface area contributed by atoms with Crippen LogP contribution in [0.1, 0.15) is 47.7 Å². The van der Waals surface area contributed by atoms with E-state index in [1.54, 1.807) is 10.7 Å². The molecule has 5 rings (SSSR count). The van der Waals surface area contributed by atoms with Gasteiger partial charge in [-0.25, -0.2) is 4.68 Å². The van der Waals surface area contributed by atoms with Crippen LogP contribution < -0.4 is 5.56 Å². The van der Waals surface area contributed by atoms with Gasteiger partial charge in [0.1, 0.15) is 0 Å². The second-order valence-electron chi connectivity index (χ2n) is 8.07. The molecule has 0 atom stereocenters. The molecule has 1 saturated heterocycles. The first-order valence-electron chi connectivity index (χ1n) is 10.1. The number of nitrogens with one attached hydrogen (secondary N) is 1. The van der Waals surface area contributed by atoms with Gasteiger partial charge in [0.2, 0.25) is 0 Å². The summed E-state index contributed by atoms with van der Waals surface area (Å²) in [6.45, 7) is 2.10. The number of H-pyrrole nitrogens is 1. The third kappa shape index (κ3) is 3.35. The third-order valence-electron chi connectivity index (χ3n) is 6.02. The quantitative estimate of drug-likeness (QED) is 0.760. The Morgan fingerprint density at radius 1 is 1.07 bits per heavy atom. The number of fused-ring (bicyclic) bond motifs is 1. The maximum Gasteiger partial charge on any atom is 0.266 e. The second kappa shape index (κ2) is 6.93. The highest BCUT2D eigenvalue weighted by molar-refractivity contribution is 5.97. The monoisotopic (exact) mass is 376 g/mol. The van der Waals surface area contributed by atoms with Crippen molar-refractivity contribution in [1.82, 2.24) is 19.7 Å². The Kier molecular flexibility index (Phi) is 4.26. The predicted molar refractivity (Wildman–Crippen MR) is 107 cm³/mol. The second-order valence-corrected chi connectivity index (χ2v) is 8.07. The molecule has 28 heavy (non-hydrogen) atoms. The van der Waals surface area contributed by atoms with Crippen molar-refractivity contribution >= 4 is 16.8 Å². The number of hydrogen-bond acceptors (Lipinski definition) is 3. The van der Waals surface area contributed by atoms with E-state index in [0.29, 0.717) is 18.4 Å². The molecule has 2 aliphatic rings. The first-order valence-corrected chi connectivity index (χ1v) is 10.1. The van der Waals surface area contributed by atoms with Gasteiger partial charge in [0.05, 0.1) is 5.69 Å². The highest BCUT2D eigenvalue weighted by Crippen LogP contribution is 2.38. The molecule has 1 aromatic carbocycles. The molecule has 1 N–H and O–H groups in total. The van der Waals surface area contributed by atoms with Gasteiger partial charge in [0.25, 0.3) is 11.5 Å². The van der Waals surface area contributed by atoms with Gasteiger partial charge >= 0.3 is 0 Å². The van der Waals surface area contributed by atoms with Gasteiger partial charge in [-0.1, -0.05) is 6.07 Å². The molecule has 0 bridgehead atoms. The summed E-state index contributed by atoms with van der Waals surface area (Å²) in [5.74, 6) is 1.01. The number of likely N-dealkylation sites (tertiary alicyclic amines) is 1. The topological polar surface area (TPSA) is 71.0 Å². The number of nitrogens with zero attached hydrogens (tertiary/aromatic N) is 3. The van der Waals surface area contributed by atoms with Crippen LogP contribution in [0.25, 0.3) is 10.9 Å². The van der Waals surface area contributed by atoms with Gasteiger partial charge in [-0.15, -0.1) is 0 Å². The minimum absolute atomic E-state index is 0.0258. The molecular weight excluding hydrogens is 352 g/mol. The normalized spacial score (nSPS) is 17.9. The lowest BCUT2D eigenvalue weighted by molar-refractivity contribution is 0.0680. The molecular formula is C22H24N4O2. The molecule has 0 unspecified atom stereocenters. The average molecular weight is 376 g/mol. The largest absolute Gasteiger partial charge is 0.361 e. The number of hydrogen-bond donors (Lipinski definition) is 1. The predicted octanol–water partition coefficient (Wildman–Crippen LogP) is 3.15. The summed E-state index contributed by atoms with van der Waals surface area (Å²) in [6.07, 6.45) is 6.05. The first kappa shape index (κ1) is 17.2. The van der Waals surface area contributed by atoms with Gasteiger partial charge in [0, 0.05) is 48.9 Å². The summed E-state index contributed by atoms with van der Waals surface area (Å²) >= 11 is 0. The van der Waals surface area contributed by atoms with Crippen molar-refractivity contribution in [1.29, 1.82) is 0 Å². The van der Waals surface area contributed by atoms with Gasteiger partial charge < -0.3 is 9.88 Å². The molecule has 2 fully saturated rings. The molecule has 2 aromatic heterocycles. The van der Waals surface area contributed by atoms with Crippen molar-refractivity contribution in [2.75, 3.05) is 13.1 Å². The number of aromatic amines is 1. The van der Waals surface area contributed by atoms with Crippen molar-refractivity contribution in [2.45, 2.75) is 38.1 Å². The molecule has 3 aromatic rings. The fourth-order valence-electron chi connectivity index (χ4n) is 4.12. The van der Waals surface area contributed by atoms with Crippen molar-refractivity contribution in [3.8, 4) is 0 Å². The van der Waals surface area contributed by atoms with Crippen LogP contribution in [0.4, 0.5) is 0 Å².